The smallest absolute Gasteiger partial charge is 0.268 e. The summed E-state index contributed by atoms with van der Waals surface area (Å²) >= 11 is 0. The molecule has 3 atom stereocenters. The predicted octanol–water partition coefficient (Wildman–Crippen LogP) is 16.3. The van der Waals surface area contributed by atoms with E-state index in [1.807, 2.05) is 27.2 Å². The quantitative estimate of drug-likeness (QED) is 0.0272. The van der Waals surface area contributed by atoms with Crippen molar-refractivity contribution < 1.29 is 32.9 Å². The summed E-state index contributed by atoms with van der Waals surface area (Å²) in [4.78, 5) is 25.5. The van der Waals surface area contributed by atoms with Crippen molar-refractivity contribution >= 4 is 13.7 Å². The van der Waals surface area contributed by atoms with Crippen LogP contribution in [0.25, 0.3) is 0 Å². The van der Waals surface area contributed by atoms with Gasteiger partial charge in [-0.1, -0.05) is 235 Å². The Morgan fingerprint density at radius 2 is 0.881 bits per heavy atom. The molecule has 8 nitrogen and oxygen atoms in total. The van der Waals surface area contributed by atoms with Crippen LogP contribution in [0.2, 0.25) is 0 Å². The molecule has 0 heterocycles. The van der Waals surface area contributed by atoms with Crippen LogP contribution in [-0.4, -0.2) is 68.5 Å². The summed E-state index contributed by atoms with van der Waals surface area (Å²) < 4.78 is 23.3. The molecule has 0 aliphatic rings. The SMILES string of the molecule is CCCCCCC/C=C\C/C=C\C/C=C\CCCCCCCCCCCCCCC(=O)NC(COP(=O)([O-])OCC[N+](C)(C)C)C(O)/C=C/CC/C=C/CCCCCCCCCCCCCC. The Balaban J connectivity index is 4.25. The first-order valence-corrected chi connectivity index (χ1v) is 29.6. The van der Waals surface area contributed by atoms with Gasteiger partial charge in [-0.25, -0.2) is 0 Å². The number of nitrogens with zero attached hydrogens (tertiary/aromatic N) is 1. The van der Waals surface area contributed by atoms with Crippen LogP contribution < -0.4 is 10.2 Å². The van der Waals surface area contributed by atoms with Crippen molar-refractivity contribution in [3.63, 3.8) is 0 Å². The van der Waals surface area contributed by atoms with Crippen molar-refractivity contribution in [3.05, 3.63) is 60.8 Å². The number of amides is 1. The van der Waals surface area contributed by atoms with Gasteiger partial charge in [0, 0.05) is 6.42 Å². The van der Waals surface area contributed by atoms with Crippen molar-refractivity contribution in [2.24, 2.45) is 0 Å². The second-order valence-electron chi connectivity index (χ2n) is 20.3. The van der Waals surface area contributed by atoms with Crippen molar-refractivity contribution in [2.45, 2.75) is 264 Å². The van der Waals surface area contributed by atoms with Crippen LogP contribution in [0.4, 0.5) is 0 Å². The third-order valence-electron chi connectivity index (χ3n) is 12.4. The van der Waals surface area contributed by atoms with Gasteiger partial charge in [0.2, 0.25) is 5.91 Å². The number of hydrogen-bond acceptors (Lipinski definition) is 6. The highest BCUT2D eigenvalue weighted by molar-refractivity contribution is 7.45. The second-order valence-corrected chi connectivity index (χ2v) is 21.7. The summed E-state index contributed by atoms with van der Waals surface area (Å²) in [6.07, 6.45) is 65.8. The molecule has 0 spiro atoms. The lowest BCUT2D eigenvalue weighted by Gasteiger charge is -2.29. The number of quaternary nitrogens is 1. The van der Waals surface area contributed by atoms with E-state index >= 15 is 0 Å². The maximum Gasteiger partial charge on any atom is 0.268 e. The Morgan fingerprint density at radius 3 is 1.31 bits per heavy atom. The molecule has 0 radical (unpaired) electrons. The van der Waals surface area contributed by atoms with Gasteiger partial charge in [-0.3, -0.25) is 9.36 Å². The number of phosphoric ester groups is 1. The zero-order chi connectivity index (χ0) is 49.2. The number of hydrogen-bond donors (Lipinski definition) is 2. The number of unbranched alkanes of at least 4 members (excludes halogenated alkanes) is 30. The van der Waals surface area contributed by atoms with Gasteiger partial charge in [0.25, 0.3) is 7.82 Å². The highest BCUT2D eigenvalue weighted by Gasteiger charge is 2.23. The molecule has 0 aromatic heterocycles. The normalized spacial score (nSPS) is 14.4. The van der Waals surface area contributed by atoms with Gasteiger partial charge in [-0.15, -0.1) is 0 Å². The molecule has 0 aromatic carbocycles. The lowest BCUT2D eigenvalue weighted by atomic mass is 10.0. The van der Waals surface area contributed by atoms with Crippen molar-refractivity contribution in [1.29, 1.82) is 0 Å². The molecule has 2 N–H and O–H groups in total. The molecule has 0 aliphatic heterocycles. The number of carbonyl (C=O) groups excluding carboxylic acids is 1. The fraction of sp³-hybridized carbons (Fsp3) is 0.810. The predicted molar refractivity (Wildman–Crippen MR) is 288 cm³/mol. The van der Waals surface area contributed by atoms with Crippen LogP contribution in [0.3, 0.4) is 0 Å². The van der Waals surface area contributed by atoms with Gasteiger partial charge in [0.15, 0.2) is 0 Å². The van der Waals surface area contributed by atoms with E-state index in [1.54, 1.807) is 6.08 Å². The molecule has 0 rings (SSSR count). The molecule has 0 aliphatic carbocycles. The molecule has 0 aromatic rings. The average Bonchev–Trinajstić information content (AvgIpc) is 3.29. The second kappa shape index (κ2) is 49.2. The highest BCUT2D eigenvalue weighted by atomic mass is 31.2. The van der Waals surface area contributed by atoms with Gasteiger partial charge >= 0.3 is 0 Å². The number of carbonyl (C=O) groups is 1. The monoisotopic (exact) mass is 961 g/mol. The number of allylic oxidation sites excluding steroid dienone is 9. The van der Waals surface area contributed by atoms with Crippen LogP contribution in [-0.2, 0) is 18.4 Å². The molecule has 1 amide bonds. The topological polar surface area (TPSA) is 108 Å². The van der Waals surface area contributed by atoms with Gasteiger partial charge in [0.1, 0.15) is 13.2 Å². The van der Waals surface area contributed by atoms with Crippen LogP contribution >= 0.6 is 7.82 Å². The largest absolute Gasteiger partial charge is 0.756 e. The van der Waals surface area contributed by atoms with Gasteiger partial charge < -0.3 is 28.8 Å². The minimum Gasteiger partial charge on any atom is -0.756 e. The summed E-state index contributed by atoms with van der Waals surface area (Å²) in [6.45, 7) is 4.63. The molecule has 0 bridgehead atoms. The Kier molecular flexibility index (Phi) is 47.9. The molecule has 392 valence electrons. The zero-order valence-corrected chi connectivity index (χ0v) is 45.5. The first-order valence-electron chi connectivity index (χ1n) is 28.2. The number of phosphoric acid groups is 1. The minimum absolute atomic E-state index is 0.00814. The highest BCUT2D eigenvalue weighted by Crippen LogP contribution is 2.38. The Morgan fingerprint density at radius 1 is 0.522 bits per heavy atom. The number of likely N-dealkylation sites (N-methyl/N-ethyl adjacent to an activating group) is 1. The Labute approximate surface area is 415 Å². The fourth-order valence-electron chi connectivity index (χ4n) is 8.00. The number of aliphatic hydroxyl groups excluding tert-OH is 1. The third kappa shape index (κ3) is 51.9. The van der Waals surface area contributed by atoms with Crippen molar-refractivity contribution in [1.82, 2.24) is 5.32 Å². The molecule has 0 fully saturated rings. The number of aliphatic hydroxyl groups is 1. The molecule has 67 heavy (non-hydrogen) atoms. The first-order chi connectivity index (χ1) is 32.5. The number of nitrogens with one attached hydrogen (secondary N) is 1. The van der Waals surface area contributed by atoms with Crippen molar-refractivity contribution in [2.75, 3.05) is 40.9 Å². The van der Waals surface area contributed by atoms with E-state index < -0.39 is 26.6 Å². The molecule has 0 saturated heterocycles. The average molecular weight is 961 g/mol. The zero-order valence-electron chi connectivity index (χ0n) is 44.6. The first kappa shape index (κ1) is 65.2. The molecule has 0 saturated carbocycles. The van der Waals surface area contributed by atoms with E-state index in [2.05, 4.69) is 67.8 Å². The summed E-state index contributed by atoms with van der Waals surface area (Å²) in [6, 6.07) is -0.907. The van der Waals surface area contributed by atoms with Crippen LogP contribution in [0.15, 0.2) is 60.8 Å². The Hall–Kier alpha value is -1.80. The molecular formula is C58H109N2O6P. The fourth-order valence-corrected chi connectivity index (χ4v) is 8.72. The van der Waals surface area contributed by atoms with Gasteiger partial charge in [-0.05, 0) is 70.6 Å². The van der Waals surface area contributed by atoms with Gasteiger partial charge in [0.05, 0.1) is 39.9 Å². The van der Waals surface area contributed by atoms with Gasteiger partial charge in [-0.2, -0.15) is 0 Å². The maximum absolute atomic E-state index is 12.9. The van der Waals surface area contributed by atoms with Crippen LogP contribution in [0, 0.1) is 0 Å². The maximum atomic E-state index is 12.9. The summed E-state index contributed by atoms with van der Waals surface area (Å²) in [7, 11) is 1.24. The minimum atomic E-state index is -4.61. The van der Waals surface area contributed by atoms with Crippen molar-refractivity contribution in [3.8, 4) is 0 Å². The Bertz CT molecular complexity index is 1270. The number of rotatable bonds is 51. The molecular weight excluding hydrogens is 852 g/mol. The van der Waals surface area contributed by atoms with Crippen LogP contribution in [0.5, 0.6) is 0 Å². The summed E-state index contributed by atoms with van der Waals surface area (Å²) in [5, 5.41) is 13.8. The summed E-state index contributed by atoms with van der Waals surface area (Å²) in [5.74, 6) is -0.209. The standard InChI is InChI=1S/C58H109N2O6P/c1-6-8-10-12-14-16-18-20-22-24-26-27-28-29-30-31-32-33-34-36-38-40-42-44-46-48-50-52-58(62)59-56(55-66-67(63,64)65-54-53-60(3,4)5)57(61)51-49-47-45-43-41-39-37-35-25-23-21-19-17-15-13-11-9-7-2/h18,20,24,26,28-29,41,43,49,51,56-57,61H,6-17,19,21-23,25,27,30-40,42,44-48,50,52-55H2,1-5H3,(H-,59,62,63,64)/b20-18-,26-24-,29-28-,43-41+,51-49+. The third-order valence-corrected chi connectivity index (χ3v) is 13.4. The lowest BCUT2D eigenvalue weighted by molar-refractivity contribution is -0.870. The van der Waals surface area contributed by atoms with E-state index in [0.29, 0.717) is 17.4 Å². The van der Waals surface area contributed by atoms with E-state index in [4.69, 9.17) is 9.05 Å². The van der Waals surface area contributed by atoms with E-state index in [9.17, 15) is 19.4 Å². The van der Waals surface area contributed by atoms with E-state index in [1.165, 1.54) is 180 Å². The lowest BCUT2D eigenvalue weighted by Crippen LogP contribution is -2.45. The summed E-state index contributed by atoms with van der Waals surface area (Å²) in [5.41, 5.74) is 0. The van der Waals surface area contributed by atoms with E-state index in [-0.39, 0.29) is 12.5 Å². The van der Waals surface area contributed by atoms with Crippen LogP contribution in [0.1, 0.15) is 251 Å². The molecule has 3 unspecified atom stereocenters. The molecule has 9 heteroatoms. The van der Waals surface area contributed by atoms with E-state index in [0.717, 1.165) is 51.4 Å².